The summed E-state index contributed by atoms with van der Waals surface area (Å²) >= 11 is 0. The molecule has 2 aromatic carbocycles. The van der Waals surface area contributed by atoms with E-state index in [1.807, 2.05) is 24.3 Å². The molecule has 1 heterocycles. The third kappa shape index (κ3) is 3.93. The Kier molecular flexibility index (Phi) is 5.42. The van der Waals surface area contributed by atoms with Crippen LogP contribution in [0.1, 0.15) is 46.8 Å². The van der Waals surface area contributed by atoms with Crippen molar-refractivity contribution in [3.63, 3.8) is 0 Å². The summed E-state index contributed by atoms with van der Waals surface area (Å²) in [5.74, 6) is 0.786. The maximum absolute atomic E-state index is 12.6. The lowest BCUT2D eigenvalue weighted by Gasteiger charge is -2.09. The minimum Gasteiger partial charge on any atom is -0.452 e. The van der Waals surface area contributed by atoms with Crippen molar-refractivity contribution in [1.29, 1.82) is 0 Å². The lowest BCUT2D eigenvalue weighted by Crippen LogP contribution is -2.14. The number of hydrogen-bond donors (Lipinski definition) is 0. The molecule has 0 aliphatic carbocycles. The number of ketones is 1. The highest BCUT2D eigenvalue weighted by atomic mass is 16.6. The fraction of sp³-hybridized carbons (Fsp3) is 0.273. The van der Waals surface area contributed by atoms with Gasteiger partial charge in [0.25, 0.3) is 0 Å². The zero-order valence-corrected chi connectivity index (χ0v) is 15.9. The Morgan fingerprint density at radius 3 is 2.48 bits per heavy atom. The van der Waals surface area contributed by atoms with Crippen LogP contribution in [0.4, 0.5) is 0 Å². The molecule has 0 unspecified atom stereocenters. The molecule has 2 aromatic rings. The molecule has 3 rings (SSSR count). The fourth-order valence-corrected chi connectivity index (χ4v) is 2.88. The van der Waals surface area contributed by atoms with Crippen LogP contribution in [-0.4, -0.2) is 25.5 Å². The monoisotopic (exact) mass is 366 g/mol. The summed E-state index contributed by atoms with van der Waals surface area (Å²) in [5, 5.41) is 0. The van der Waals surface area contributed by atoms with E-state index in [9.17, 15) is 9.59 Å². The van der Waals surface area contributed by atoms with E-state index < -0.39 is 5.97 Å². The van der Waals surface area contributed by atoms with Crippen molar-refractivity contribution in [2.75, 3.05) is 13.7 Å². The zero-order valence-electron chi connectivity index (χ0n) is 15.9. The van der Waals surface area contributed by atoms with Crippen LogP contribution in [0.3, 0.4) is 0 Å². The van der Waals surface area contributed by atoms with Gasteiger partial charge in [0.1, 0.15) is 18.1 Å². The van der Waals surface area contributed by atoms with Gasteiger partial charge in [-0.3, -0.25) is 4.79 Å². The molecule has 140 valence electrons. The van der Waals surface area contributed by atoms with Gasteiger partial charge in [-0.15, -0.1) is 0 Å². The number of esters is 1. The number of carbonyl (C=O) groups is 2. The van der Waals surface area contributed by atoms with Crippen LogP contribution in [0.2, 0.25) is 0 Å². The number of allylic oxidation sites excluding steroid dienone is 1. The largest absolute Gasteiger partial charge is 0.452 e. The van der Waals surface area contributed by atoms with E-state index in [4.69, 9.17) is 14.2 Å². The summed E-state index contributed by atoms with van der Waals surface area (Å²) in [5.41, 5.74) is 3.19. The number of fused-ring (bicyclic) bond motifs is 1. The van der Waals surface area contributed by atoms with Gasteiger partial charge >= 0.3 is 5.97 Å². The molecular formula is C22H22O5. The van der Waals surface area contributed by atoms with Gasteiger partial charge in [-0.05, 0) is 42.2 Å². The number of ether oxygens (including phenoxy) is 3. The molecule has 5 heteroatoms. The van der Waals surface area contributed by atoms with Gasteiger partial charge < -0.3 is 14.2 Å². The van der Waals surface area contributed by atoms with E-state index in [0.717, 1.165) is 5.56 Å². The standard InChI is InChI=1S/C22H22O5/c1-13(2)16-7-5-15(6-8-16)11-19-21(24)17-9-10-18(14(3)22(17)27-19)26-20(23)12-25-4/h5-11,13H,12H2,1-4H3/b19-11-. The maximum Gasteiger partial charge on any atom is 0.337 e. The molecular weight excluding hydrogens is 344 g/mol. The van der Waals surface area contributed by atoms with Crippen molar-refractivity contribution in [2.24, 2.45) is 0 Å². The predicted octanol–water partition coefficient (Wildman–Crippen LogP) is 4.29. The topological polar surface area (TPSA) is 61.8 Å². The first kappa shape index (κ1) is 18.9. The molecule has 5 nitrogen and oxygen atoms in total. The van der Waals surface area contributed by atoms with Crippen molar-refractivity contribution in [3.8, 4) is 11.5 Å². The Hall–Kier alpha value is -2.92. The first-order chi connectivity index (χ1) is 12.9. The van der Waals surface area contributed by atoms with Crippen molar-refractivity contribution < 1.29 is 23.8 Å². The number of benzene rings is 2. The molecule has 27 heavy (non-hydrogen) atoms. The number of hydrogen-bond acceptors (Lipinski definition) is 5. The highest BCUT2D eigenvalue weighted by molar-refractivity contribution is 6.15. The van der Waals surface area contributed by atoms with E-state index in [1.54, 1.807) is 25.1 Å². The van der Waals surface area contributed by atoms with Gasteiger partial charge in [-0.25, -0.2) is 4.79 Å². The molecule has 0 saturated carbocycles. The average molecular weight is 366 g/mol. The molecule has 0 fully saturated rings. The van der Waals surface area contributed by atoms with Crippen molar-refractivity contribution in [3.05, 3.63) is 64.4 Å². The maximum atomic E-state index is 12.6. The Labute approximate surface area is 158 Å². The van der Waals surface area contributed by atoms with Gasteiger partial charge in [0.2, 0.25) is 5.78 Å². The third-order valence-electron chi connectivity index (χ3n) is 4.42. The van der Waals surface area contributed by atoms with Gasteiger partial charge in [0.15, 0.2) is 5.76 Å². The normalized spacial score (nSPS) is 14.4. The molecule has 0 atom stereocenters. The molecule has 0 saturated heterocycles. The second-order valence-corrected chi connectivity index (χ2v) is 6.73. The van der Waals surface area contributed by atoms with E-state index in [2.05, 4.69) is 13.8 Å². The minimum absolute atomic E-state index is 0.145. The Morgan fingerprint density at radius 2 is 1.85 bits per heavy atom. The smallest absolute Gasteiger partial charge is 0.337 e. The summed E-state index contributed by atoms with van der Waals surface area (Å²) in [6, 6.07) is 11.2. The summed E-state index contributed by atoms with van der Waals surface area (Å²) in [7, 11) is 1.42. The lowest BCUT2D eigenvalue weighted by molar-refractivity contribution is -0.138. The first-order valence-electron chi connectivity index (χ1n) is 8.78. The van der Waals surface area contributed by atoms with E-state index in [-0.39, 0.29) is 18.1 Å². The minimum atomic E-state index is -0.508. The van der Waals surface area contributed by atoms with E-state index in [0.29, 0.717) is 28.5 Å². The summed E-state index contributed by atoms with van der Waals surface area (Å²) in [6.07, 6.45) is 1.72. The van der Waals surface area contributed by atoms with Crippen LogP contribution in [0.15, 0.2) is 42.2 Å². The van der Waals surface area contributed by atoms with Crippen LogP contribution in [0.25, 0.3) is 6.08 Å². The van der Waals surface area contributed by atoms with Crippen LogP contribution in [-0.2, 0) is 9.53 Å². The second-order valence-electron chi connectivity index (χ2n) is 6.73. The molecule has 0 amide bonds. The van der Waals surface area contributed by atoms with Gasteiger partial charge in [-0.2, -0.15) is 0 Å². The average Bonchev–Trinajstić information content (AvgIpc) is 2.95. The summed E-state index contributed by atoms with van der Waals surface area (Å²) in [6.45, 7) is 5.87. The Balaban J connectivity index is 1.86. The lowest BCUT2D eigenvalue weighted by atomic mass is 10.0. The van der Waals surface area contributed by atoms with Crippen LogP contribution in [0.5, 0.6) is 11.5 Å². The number of methoxy groups -OCH3 is 1. The highest BCUT2D eigenvalue weighted by Gasteiger charge is 2.30. The summed E-state index contributed by atoms with van der Waals surface area (Å²) in [4.78, 5) is 24.3. The van der Waals surface area contributed by atoms with Gasteiger partial charge in [-0.1, -0.05) is 38.1 Å². The van der Waals surface area contributed by atoms with Crippen LogP contribution < -0.4 is 9.47 Å². The van der Waals surface area contributed by atoms with Crippen LogP contribution in [0, 0.1) is 6.92 Å². The van der Waals surface area contributed by atoms with Crippen molar-refractivity contribution in [2.45, 2.75) is 26.7 Å². The number of carbonyl (C=O) groups excluding carboxylic acids is 2. The van der Waals surface area contributed by atoms with Gasteiger partial charge in [0, 0.05) is 12.7 Å². The molecule has 1 aliphatic rings. The Bertz CT molecular complexity index is 907. The predicted molar refractivity (Wildman–Crippen MR) is 102 cm³/mol. The number of Topliss-reactive ketones (excluding diaryl/α,β-unsaturated/α-hetero) is 1. The van der Waals surface area contributed by atoms with Gasteiger partial charge in [0.05, 0.1) is 5.56 Å². The Morgan fingerprint density at radius 1 is 1.15 bits per heavy atom. The highest BCUT2D eigenvalue weighted by Crippen LogP contribution is 2.39. The molecule has 0 aromatic heterocycles. The molecule has 0 radical (unpaired) electrons. The van der Waals surface area contributed by atoms with Crippen LogP contribution >= 0.6 is 0 Å². The van der Waals surface area contributed by atoms with E-state index >= 15 is 0 Å². The molecule has 0 N–H and O–H groups in total. The summed E-state index contributed by atoms with van der Waals surface area (Å²) < 4.78 is 15.8. The quantitative estimate of drug-likeness (QED) is 0.449. The SMILES string of the molecule is COCC(=O)Oc1ccc2c(c1C)O/C(=C\c1ccc(C(C)C)cc1)C2=O. The van der Waals surface area contributed by atoms with Crippen molar-refractivity contribution in [1.82, 2.24) is 0 Å². The molecule has 0 spiro atoms. The fourth-order valence-electron chi connectivity index (χ4n) is 2.88. The zero-order chi connectivity index (χ0) is 19.6. The van der Waals surface area contributed by atoms with E-state index in [1.165, 1.54) is 12.7 Å². The number of rotatable bonds is 5. The second kappa shape index (κ2) is 7.76. The van der Waals surface area contributed by atoms with Crippen molar-refractivity contribution >= 4 is 17.8 Å². The molecule has 0 bridgehead atoms. The molecule has 1 aliphatic heterocycles. The third-order valence-corrected chi connectivity index (χ3v) is 4.42. The first-order valence-corrected chi connectivity index (χ1v) is 8.78.